The van der Waals surface area contributed by atoms with E-state index in [1.54, 1.807) is 7.05 Å². The van der Waals surface area contributed by atoms with Gasteiger partial charge in [-0.2, -0.15) is 0 Å². The number of aliphatic hydroxyl groups is 1. The van der Waals surface area contributed by atoms with Gasteiger partial charge in [0, 0.05) is 31.4 Å². The van der Waals surface area contributed by atoms with Crippen molar-refractivity contribution in [2.75, 3.05) is 29.9 Å². The highest BCUT2D eigenvalue weighted by Gasteiger charge is 2.33. The molecule has 0 saturated heterocycles. The summed E-state index contributed by atoms with van der Waals surface area (Å²) in [5, 5.41) is 9.81. The molecule has 0 fully saturated rings. The number of likely N-dealkylation sites (N-methyl/N-ethyl adjacent to an activating group) is 1. The Labute approximate surface area is 108 Å². The van der Waals surface area contributed by atoms with Crippen molar-refractivity contribution in [2.45, 2.75) is 26.4 Å². The third-order valence-electron chi connectivity index (χ3n) is 3.47. The van der Waals surface area contributed by atoms with Gasteiger partial charge in [-0.25, -0.2) is 0 Å². The Morgan fingerprint density at radius 3 is 2.72 bits per heavy atom. The molecule has 1 unspecified atom stereocenters. The van der Waals surface area contributed by atoms with E-state index in [2.05, 4.69) is 18.7 Å². The summed E-state index contributed by atoms with van der Waals surface area (Å²) >= 11 is 0. The molecule has 1 aliphatic rings. The van der Waals surface area contributed by atoms with E-state index in [1.165, 1.54) is 4.90 Å². The molecule has 0 saturated carbocycles. The maximum atomic E-state index is 11.7. The van der Waals surface area contributed by atoms with Crippen LogP contribution < -0.4 is 9.80 Å². The van der Waals surface area contributed by atoms with Crippen molar-refractivity contribution in [1.82, 2.24) is 0 Å². The number of hydrogen-bond donors (Lipinski definition) is 1. The summed E-state index contributed by atoms with van der Waals surface area (Å²) in [6.45, 7) is 6.20. The number of aliphatic hydroxyl groups excluding tert-OH is 1. The Bertz CT molecular complexity index is 459. The molecule has 4 nitrogen and oxygen atoms in total. The van der Waals surface area contributed by atoms with Crippen LogP contribution in [0.15, 0.2) is 18.2 Å². The molecule has 1 amide bonds. The van der Waals surface area contributed by atoms with Crippen LogP contribution in [0.1, 0.15) is 31.9 Å². The van der Waals surface area contributed by atoms with Gasteiger partial charge in [0.25, 0.3) is 5.91 Å². The van der Waals surface area contributed by atoms with Crippen molar-refractivity contribution in [3.63, 3.8) is 0 Å². The van der Waals surface area contributed by atoms with Crippen LogP contribution in [0.25, 0.3) is 0 Å². The van der Waals surface area contributed by atoms with E-state index in [1.807, 2.05) is 18.2 Å². The van der Waals surface area contributed by atoms with Gasteiger partial charge in [0.1, 0.15) is 0 Å². The van der Waals surface area contributed by atoms with Crippen molar-refractivity contribution in [1.29, 1.82) is 0 Å². The molecule has 0 aromatic heterocycles. The number of nitrogens with zero attached hydrogens (tertiary/aromatic N) is 2. The minimum atomic E-state index is -1.000. The largest absolute Gasteiger partial charge is 0.378 e. The van der Waals surface area contributed by atoms with Gasteiger partial charge in [0.05, 0.1) is 5.69 Å². The van der Waals surface area contributed by atoms with Gasteiger partial charge in [0.2, 0.25) is 0 Å². The Hall–Kier alpha value is -1.55. The molecule has 0 spiro atoms. The van der Waals surface area contributed by atoms with Crippen LogP contribution in [0, 0.1) is 0 Å². The van der Waals surface area contributed by atoms with Crippen molar-refractivity contribution in [2.24, 2.45) is 0 Å². The molecule has 2 rings (SSSR count). The summed E-state index contributed by atoms with van der Waals surface area (Å²) in [5.74, 6) is -0.249. The summed E-state index contributed by atoms with van der Waals surface area (Å²) < 4.78 is 0. The fourth-order valence-electron chi connectivity index (χ4n) is 2.43. The summed E-state index contributed by atoms with van der Waals surface area (Å²) in [4.78, 5) is 15.5. The SMILES string of the molecule is CCCN(CC)c1ccc2c(c1)N(C)C(=O)C2O. The topological polar surface area (TPSA) is 43.8 Å². The number of carbonyl (C=O) groups excluding carboxylic acids is 1. The second kappa shape index (κ2) is 4.98. The van der Waals surface area contributed by atoms with Gasteiger partial charge in [-0.3, -0.25) is 4.79 Å². The summed E-state index contributed by atoms with van der Waals surface area (Å²) in [6, 6.07) is 5.82. The Morgan fingerprint density at radius 1 is 1.39 bits per heavy atom. The zero-order chi connectivity index (χ0) is 13.3. The molecule has 18 heavy (non-hydrogen) atoms. The lowest BCUT2D eigenvalue weighted by Crippen LogP contribution is -2.25. The van der Waals surface area contributed by atoms with Crippen LogP contribution >= 0.6 is 0 Å². The Kier molecular flexibility index (Phi) is 3.57. The van der Waals surface area contributed by atoms with Gasteiger partial charge >= 0.3 is 0 Å². The molecule has 0 radical (unpaired) electrons. The lowest BCUT2D eigenvalue weighted by atomic mass is 10.1. The standard InChI is InChI=1S/C14H20N2O2/c1-4-8-16(5-2)10-6-7-11-12(9-10)15(3)14(18)13(11)17/h6-7,9,13,17H,4-5,8H2,1-3H3. The number of fused-ring (bicyclic) bond motifs is 1. The summed E-state index contributed by atoms with van der Waals surface area (Å²) in [6.07, 6.45) is 0.0859. The van der Waals surface area contributed by atoms with E-state index < -0.39 is 6.10 Å². The molecule has 1 heterocycles. The van der Waals surface area contributed by atoms with E-state index in [4.69, 9.17) is 0 Å². The number of anilines is 2. The van der Waals surface area contributed by atoms with Crippen LogP contribution in [0.3, 0.4) is 0 Å². The van der Waals surface area contributed by atoms with Crippen molar-refractivity contribution in [3.05, 3.63) is 23.8 Å². The number of carbonyl (C=O) groups is 1. The quantitative estimate of drug-likeness (QED) is 0.885. The second-order valence-electron chi connectivity index (χ2n) is 4.62. The predicted molar refractivity (Wildman–Crippen MR) is 73.0 cm³/mol. The molecule has 1 atom stereocenters. The minimum absolute atomic E-state index is 0.249. The zero-order valence-electron chi connectivity index (χ0n) is 11.2. The fraction of sp³-hybridized carbons (Fsp3) is 0.500. The number of amides is 1. The maximum absolute atomic E-state index is 11.7. The van der Waals surface area contributed by atoms with Crippen LogP contribution in [0.5, 0.6) is 0 Å². The third-order valence-corrected chi connectivity index (χ3v) is 3.47. The summed E-state index contributed by atoms with van der Waals surface area (Å²) in [7, 11) is 1.71. The zero-order valence-corrected chi connectivity index (χ0v) is 11.2. The Balaban J connectivity index is 2.36. The monoisotopic (exact) mass is 248 g/mol. The van der Waals surface area contributed by atoms with E-state index in [0.29, 0.717) is 5.56 Å². The molecule has 1 aromatic carbocycles. The molecule has 1 N–H and O–H groups in total. The van der Waals surface area contributed by atoms with Gasteiger partial charge in [-0.15, -0.1) is 0 Å². The molecular formula is C14H20N2O2. The predicted octanol–water partition coefficient (Wildman–Crippen LogP) is 1.93. The molecule has 1 aliphatic heterocycles. The van der Waals surface area contributed by atoms with Crippen molar-refractivity contribution >= 4 is 17.3 Å². The normalized spacial score (nSPS) is 18.1. The first-order valence-electron chi connectivity index (χ1n) is 6.44. The molecule has 4 heteroatoms. The van der Waals surface area contributed by atoms with Crippen LogP contribution in [0.4, 0.5) is 11.4 Å². The van der Waals surface area contributed by atoms with E-state index in [-0.39, 0.29) is 5.91 Å². The van der Waals surface area contributed by atoms with Gasteiger partial charge in [-0.1, -0.05) is 13.0 Å². The van der Waals surface area contributed by atoms with E-state index in [0.717, 1.165) is 30.9 Å². The average molecular weight is 248 g/mol. The van der Waals surface area contributed by atoms with Crippen LogP contribution in [0.2, 0.25) is 0 Å². The smallest absolute Gasteiger partial charge is 0.260 e. The van der Waals surface area contributed by atoms with Crippen molar-refractivity contribution < 1.29 is 9.90 Å². The highest BCUT2D eigenvalue weighted by atomic mass is 16.3. The van der Waals surface area contributed by atoms with E-state index in [9.17, 15) is 9.90 Å². The highest BCUT2D eigenvalue weighted by molar-refractivity contribution is 6.03. The first-order valence-corrected chi connectivity index (χ1v) is 6.44. The highest BCUT2D eigenvalue weighted by Crippen LogP contribution is 2.37. The number of benzene rings is 1. The second-order valence-corrected chi connectivity index (χ2v) is 4.62. The van der Waals surface area contributed by atoms with Gasteiger partial charge < -0.3 is 14.9 Å². The molecule has 98 valence electrons. The molecule has 1 aromatic rings. The summed E-state index contributed by atoms with van der Waals surface area (Å²) in [5.41, 5.74) is 2.63. The lowest BCUT2D eigenvalue weighted by molar-refractivity contribution is -0.125. The third kappa shape index (κ3) is 1.97. The molecule has 0 aliphatic carbocycles. The minimum Gasteiger partial charge on any atom is -0.378 e. The average Bonchev–Trinajstić information content (AvgIpc) is 2.61. The first-order chi connectivity index (χ1) is 8.60. The lowest BCUT2D eigenvalue weighted by Gasteiger charge is -2.23. The number of hydrogen-bond acceptors (Lipinski definition) is 3. The molecule has 0 bridgehead atoms. The van der Waals surface area contributed by atoms with Crippen molar-refractivity contribution in [3.8, 4) is 0 Å². The maximum Gasteiger partial charge on any atom is 0.260 e. The Morgan fingerprint density at radius 2 is 2.11 bits per heavy atom. The first kappa shape index (κ1) is 12.9. The fourth-order valence-corrected chi connectivity index (χ4v) is 2.43. The van der Waals surface area contributed by atoms with Crippen LogP contribution in [-0.4, -0.2) is 31.2 Å². The number of rotatable bonds is 4. The van der Waals surface area contributed by atoms with Gasteiger partial charge in [0.15, 0.2) is 6.10 Å². The van der Waals surface area contributed by atoms with Crippen LogP contribution in [-0.2, 0) is 4.79 Å². The van der Waals surface area contributed by atoms with E-state index >= 15 is 0 Å². The molecular weight excluding hydrogens is 228 g/mol. The van der Waals surface area contributed by atoms with Gasteiger partial charge in [-0.05, 0) is 25.5 Å².